The minimum absolute atomic E-state index is 0. The third-order valence-corrected chi connectivity index (χ3v) is 3.45. The van der Waals surface area contributed by atoms with E-state index in [0.717, 1.165) is 25.9 Å². The molecule has 1 N–H and O–H groups in total. The SMILES string of the molecule is CCCN(C(=O)COc1ccccc1F)C1CCNC1.Cl. The first-order valence-corrected chi connectivity index (χ1v) is 7.10. The van der Waals surface area contributed by atoms with Crippen LogP contribution < -0.4 is 10.1 Å². The zero-order valence-electron chi connectivity index (χ0n) is 12.2. The number of carbonyl (C=O) groups is 1. The van der Waals surface area contributed by atoms with Gasteiger partial charge in [-0.05, 0) is 31.5 Å². The molecule has 1 saturated heterocycles. The van der Waals surface area contributed by atoms with Crippen molar-refractivity contribution in [1.82, 2.24) is 10.2 Å². The van der Waals surface area contributed by atoms with Crippen LogP contribution in [0.2, 0.25) is 0 Å². The van der Waals surface area contributed by atoms with Gasteiger partial charge in [0, 0.05) is 19.1 Å². The van der Waals surface area contributed by atoms with Gasteiger partial charge in [-0.3, -0.25) is 4.79 Å². The number of benzene rings is 1. The summed E-state index contributed by atoms with van der Waals surface area (Å²) in [6.45, 7) is 4.40. The number of hydrogen-bond donors (Lipinski definition) is 1. The lowest BCUT2D eigenvalue weighted by atomic mass is 10.2. The predicted molar refractivity (Wildman–Crippen MR) is 82.4 cm³/mol. The van der Waals surface area contributed by atoms with Crippen molar-refractivity contribution >= 4 is 18.3 Å². The molecule has 1 amide bonds. The molecule has 1 aliphatic rings. The van der Waals surface area contributed by atoms with E-state index in [0.29, 0.717) is 6.54 Å². The van der Waals surface area contributed by atoms with E-state index in [1.54, 1.807) is 12.1 Å². The molecule has 21 heavy (non-hydrogen) atoms. The molecule has 1 aromatic carbocycles. The third kappa shape index (κ3) is 4.86. The van der Waals surface area contributed by atoms with Crippen LogP contribution in [0.25, 0.3) is 0 Å². The van der Waals surface area contributed by atoms with Gasteiger partial charge in [-0.1, -0.05) is 19.1 Å². The Bertz CT molecular complexity index is 453. The van der Waals surface area contributed by atoms with Crippen molar-refractivity contribution in [3.05, 3.63) is 30.1 Å². The Morgan fingerprint density at radius 3 is 2.86 bits per heavy atom. The van der Waals surface area contributed by atoms with Crippen LogP contribution in [0.4, 0.5) is 4.39 Å². The molecule has 1 aliphatic heterocycles. The van der Waals surface area contributed by atoms with E-state index in [1.165, 1.54) is 12.1 Å². The second-order valence-electron chi connectivity index (χ2n) is 4.95. The summed E-state index contributed by atoms with van der Waals surface area (Å²) in [6.07, 6.45) is 1.87. The highest BCUT2D eigenvalue weighted by Crippen LogP contribution is 2.16. The summed E-state index contributed by atoms with van der Waals surface area (Å²) in [5, 5.41) is 3.25. The number of nitrogens with zero attached hydrogens (tertiary/aromatic N) is 1. The van der Waals surface area contributed by atoms with Gasteiger partial charge < -0.3 is 15.0 Å². The van der Waals surface area contributed by atoms with Gasteiger partial charge in [0.25, 0.3) is 5.91 Å². The highest BCUT2D eigenvalue weighted by atomic mass is 35.5. The number of carbonyl (C=O) groups excluding carboxylic acids is 1. The van der Waals surface area contributed by atoms with Crippen molar-refractivity contribution in [2.24, 2.45) is 0 Å². The van der Waals surface area contributed by atoms with E-state index in [9.17, 15) is 9.18 Å². The molecule has 0 spiro atoms. The summed E-state index contributed by atoms with van der Waals surface area (Å²) in [7, 11) is 0. The van der Waals surface area contributed by atoms with Crippen LogP contribution in [0.15, 0.2) is 24.3 Å². The summed E-state index contributed by atoms with van der Waals surface area (Å²) in [5.74, 6) is -0.393. The Kier molecular flexibility index (Phi) is 7.47. The standard InChI is InChI=1S/C15H21FN2O2.ClH/c1-2-9-18(12-7-8-17-10-12)15(19)11-20-14-6-4-3-5-13(14)16;/h3-6,12,17H,2,7-11H2,1H3;1H. The number of rotatable bonds is 6. The first-order valence-electron chi connectivity index (χ1n) is 7.10. The van der Waals surface area contributed by atoms with Crippen molar-refractivity contribution in [3.63, 3.8) is 0 Å². The Morgan fingerprint density at radius 2 is 2.24 bits per heavy atom. The minimum Gasteiger partial charge on any atom is -0.481 e. The lowest BCUT2D eigenvalue weighted by molar-refractivity contribution is -0.135. The first kappa shape index (κ1) is 17.7. The topological polar surface area (TPSA) is 41.6 Å². The second-order valence-corrected chi connectivity index (χ2v) is 4.95. The normalized spacial score (nSPS) is 17.1. The Balaban J connectivity index is 0.00000220. The van der Waals surface area contributed by atoms with E-state index < -0.39 is 5.82 Å². The van der Waals surface area contributed by atoms with Gasteiger partial charge in [-0.25, -0.2) is 4.39 Å². The molecule has 118 valence electrons. The number of halogens is 2. The monoisotopic (exact) mass is 316 g/mol. The Hall–Kier alpha value is -1.33. The van der Waals surface area contributed by atoms with E-state index in [1.807, 2.05) is 11.8 Å². The molecular weight excluding hydrogens is 295 g/mol. The maximum absolute atomic E-state index is 13.4. The average molecular weight is 317 g/mol. The summed E-state index contributed by atoms with van der Waals surface area (Å²) in [5.41, 5.74) is 0. The number of hydrogen-bond acceptors (Lipinski definition) is 3. The van der Waals surface area contributed by atoms with Crippen LogP contribution in [0.3, 0.4) is 0 Å². The van der Waals surface area contributed by atoms with E-state index in [2.05, 4.69) is 5.32 Å². The molecule has 2 rings (SSSR count). The summed E-state index contributed by atoms with van der Waals surface area (Å²) in [4.78, 5) is 14.1. The molecule has 1 heterocycles. The van der Waals surface area contributed by atoms with E-state index in [4.69, 9.17) is 4.74 Å². The number of nitrogens with one attached hydrogen (secondary N) is 1. The van der Waals surface area contributed by atoms with E-state index in [-0.39, 0.29) is 36.7 Å². The third-order valence-electron chi connectivity index (χ3n) is 3.45. The van der Waals surface area contributed by atoms with Crippen LogP contribution in [0.1, 0.15) is 19.8 Å². The van der Waals surface area contributed by atoms with Gasteiger partial charge in [0.05, 0.1) is 0 Å². The van der Waals surface area contributed by atoms with Crippen molar-refractivity contribution in [1.29, 1.82) is 0 Å². The summed E-state index contributed by atoms with van der Waals surface area (Å²) in [6, 6.07) is 6.37. The molecule has 0 bridgehead atoms. The maximum Gasteiger partial charge on any atom is 0.260 e. The fraction of sp³-hybridized carbons (Fsp3) is 0.533. The first-order chi connectivity index (χ1) is 9.72. The van der Waals surface area contributed by atoms with Gasteiger partial charge in [0.2, 0.25) is 0 Å². The van der Waals surface area contributed by atoms with Crippen LogP contribution >= 0.6 is 12.4 Å². The molecule has 1 atom stereocenters. The molecule has 4 nitrogen and oxygen atoms in total. The molecule has 6 heteroatoms. The molecule has 0 saturated carbocycles. The van der Waals surface area contributed by atoms with Gasteiger partial charge in [-0.15, -0.1) is 12.4 Å². The molecule has 0 aliphatic carbocycles. The Morgan fingerprint density at radius 1 is 1.48 bits per heavy atom. The van der Waals surface area contributed by atoms with Gasteiger partial charge in [-0.2, -0.15) is 0 Å². The lowest BCUT2D eigenvalue weighted by Crippen LogP contribution is -2.44. The average Bonchev–Trinajstić information content (AvgIpc) is 2.97. The van der Waals surface area contributed by atoms with Gasteiger partial charge in [0.15, 0.2) is 18.2 Å². The number of ether oxygens (including phenoxy) is 1. The molecular formula is C15H22ClFN2O2. The summed E-state index contributed by atoms with van der Waals surface area (Å²) < 4.78 is 18.7. The van der Waals surface area contributed by atoms with Crippen molar-refractivity contribution in [3.8, 4) is 5.75 Å². The quantitative estimate of drug-likeness (QED) is 0.875. The fourth-order valence-corrected chi connectivity index (χ4v) is 2.44. The lowest BCUT2D eigenvalue weighted by Gasteiger charge is -2.28. The summed E-state index contributed by atoms with van der Waals surface area (Å²) >= 11 is 0. The van der Waals surface area contributed by atoms with Gasteiger partial charge in [0.1, 0.15) is 0 Å². The van der Waals surface area contributed by atoms with Crippen molar-refractivity contribution < 1.29 is 13.9 Å². The highest BCUT2D eigenvalue weighted by Gasteiger charge is 2.26. The molecule has 1 aromatic rings. The van der Waals surface area contributed by atoms with Crippen molar-refractivity contribution in [2.45, 2.75) is 25.8 Å². The van der Waals surface area contributed by atoms with Crippen LogP contribution in [0, 0.1) is 5.82 Å². The number of para-hydroxylation sites is 1. The largest absolute Gasteiger partial charge is 0.481 e. The van der Waals surface area contributed by atoms with Crippen LogP contribution in [-0.4, -0.2) is 43.1 Å². The highest BCUT2D eigenvalue weighted by molar-refractivity contribution is 5.85. The molecule has 0 radical (unpaired) electrons. The maximum atomic E-state index is 13.4. The van der Waals surface area contributed by atoms with Gasteiger partial charge >= 0.3 is 0 Å². The molecule has 0 aromatic heterocycles. The fourth-order valence-electron chi connectivity index (χ4n) is 2.44. The molecule has 1 fully saturated rings. The van der Waals surface area contributed by atoms with Crippen molar-refractivity contribution in [2.75, 3.05) is 26.2 Å². The minimum atomic E-state index is -0.440. The smallest absolute Gasteiger partial charge is 0.260 e. The van der Waals surface area contributed by atoms with Crippen LogP contribution in [-0.2, 0) is 4.79 Å². The zero-order valence-corrected chi connectivity index (χ0v) is 13.0. The predicted octanol–water partition coefficient (Wildman–Crippen LogP) is 2.23. The van der Waals surface area contributed by atoms with Crippen LogP contribution in [0.5, 0.6) is 5.75 Å². The number of amides is 1. The second kappa shape index (κ2) is 8.85. The zero-order chi connectivity index (χ0) is 14.4. The molecule has 1 unspecified atom stereocenters. The Labute approximate surface area is 131 Å². The van der Waals surface area contributed by atoms with E-state index >= 15 is 0 Å².